The normalized spacial score (nSPS) is 14.2. The monoisotopic (exact) mass is 421 g/mol. The molecule has 0 saturated heterocycles. The van der Waals surface area contributed by atoms with Gasteiger partial charge in [-0.15, -0.1) is 0 Å². The molecule has 162 valence electrons. The highest BCUT2D eigenvalue weighted by atomic mass is 16.5. The van der Waals surface area contributed by atoms with E-state index in [4.69, 9.17) is 14.0 Å². The predicted octanol–water partition coefficient (Wildman–Crippen LogP) is 4.34. The van der Waals surface area contributed by atoms with Crippen LogP contribution in [0.2, 0.25) is 0 Å². The van der Waals surface area contributed by atoms with Crippen molar-refractivity contribution in [3.8, 4) is 22.9 Å². The molecule has 1 aliphatic heterocycles. The number of amides is 1. The number of nitrogens with zero attached hydrogens (tertiary/aromatic N) is 2. The summed E-state index contributed by atoms with van der Waals surface area (Å²) in [6.07, 6.45) is 1.51. The topological polar surface area (TPSA) is 86.5 Å². The van der Waals surface area contributed by atoms with Crippen LogP contribution in [0, 0.1) is 5.92 Å². The molecular formula is C24H27N3O4. The molecule has 2 heterocycles. The summed E-state index contributed by atoms with van der Waals surface area (Å²) in [5, 5.41) is 7.14. The molecule has 1 atom stereocenters. The zero-order chi connectivity index (χ0) is 21.6. The predicted molar refractivity (Wildman–Crippen MR) is 116 cm³/mol. The summed E-state index contributed by atoms with van der Waals surface area (Å²) in [6.45, 7) is 5.44. The maximum atomic E-state index is 12.7. The molecule has 0 spiro atoms. The van der Waals surface area contributed by atoms with E-state index in [1.165, 1.54) is 0 Å². The molecule has 7 nitrogen and oxygen atoms in total. The Bertz CT molecular complexity index is 1020. The second-order valence-corrected chi connectivity index (χ2v) is 7.92. The first-order chi connectivity index (χ1) is 15.1. The van der Waals surface area contributed by atoms with Gasteiger partial charge in [0, 0.05) is 24.8 Å². The number of benzene rings is 2. The maximum Gasteiger partial charge on any atom is 0.227 e. The van der Waals surface area contributed by atoms with Crippen LogP contribution in [0.15, 0.2) is 53.1 Å². The van der Waals surface area contributed by atoms with Crippen LogP contribution in [-0.2, 0) is 11.2 Å². The summed E-state index contributed by atoms with van der Waals surface area (Å²) in [5.41, 5.74) is 1.88. The van der Waals surface area contributed by atoms with Gasteiger partial charge in [-0.05, 0) is 23.6 Å². The Morgan fingerprint density at radius 3 is 2.61 bits per heavy atom. The van der Waals surface area contributed by atoms with Gasteiger partial charge in [0.1, 0.15) is 0 Å². The third-order valence-corrected chi connectivity index (χ3v) is 5.18. The lowest BCUT2D eigenvalue weighted by Gasteiger charge is -2.24. The minimum Gasteiger partial charge on any atom is -0.490 e. The second-order valence-electron chi connectivity index (χ2n) is 7.92. The van der Waals surface area contributed by atoms with Crippen molar-refractivity contribution in [3.63, 3.8) is 0 Å². The molecule has 3 aromatic rings. The van der Waals surface area contributed by atoms with Crippen LogP contribution in [0.1, 0.15) is 44.2 Å². The van der Waals surface area contributed by atoms with E-state index in [0.717, 1.165) is 29.0 Å². The SMILES string of the molecule is CC(C)C(NC(=O)CCc1nc(-c2ccccc2)no1)c1ccc2c(c1)OCCCO2. The number of fused-ring (bicyclic) bond motifs is 1. The zero-order valence-electron chi connectivity index (χ0n) is 17.8. The van der Waals surface area contributed by atoms with Crippen LogP contribution in [-0.4, -0.2) is 29.3 Å². The Hall–Kier alpha value is -3.35. The molecule has 0 radical (unpaired) electrons. The largest absolute Gasteiger partial charge is 0.490 e. The van der Waals surface area contributed by atoms with Crippen LogP contribution in [0.5, 0.6) is 11.5 Å². The van der Waals surface area contributed by atoms with Crippen LogP contribution in [0.4, 0.5) is 0 Å². The van der Waals surface area contributed by atoms with E-state index in [9.17, 15) is 4.79 Å². The number of aromatic nitrogens is 2. The average Bonchev–Trinajstić information content (AvgIpc) is 3.14. The molecule has 0 fully saturated rings. The number of nitrogens with one attached hydrogen (secondary N) is 1. The van der Waals surface area contributed by atoms with Gasteiger partial charge >= 0.3 is 0 Å². The van der Waals surface area contributed by atoms with Gasteiger partial charge in [-0.25, -0.2) is 0 Å². The van der Waals surface area contributed by atoms with Gasteiger partial charge < -0.3 is 19.3 Å². The Morgan fingerprint density at radius 1 is 1.06 bits per heavy atom. The maximum absolute atomic E-state index is 12.7. The molecule has 0 bridgehead atoms. The van der Waals surface area contributed by atoms with Crippen LogP contribution < -0.4 is 14.8 Å². The minimum atomic E-state index is -0.132. The van der Waals surface area contributed by atoms with Crippen molar-refractivity contribution in [1.29, 1.82) is 0 Å². The van der Waals surface area contributed by atoms with Crippen molar-refractivity contribution in [3.05, 3.63) is 60.0 Å². The van der Waals surface area contributed by atoms with Gasteiger partial charge in [-0.1, -0.05) is 55.4 Å². The molecule has 7 heteroatoms. The number of carbonyl (C=O) groups is 1. The Morgan fingerprint density at radius 2 is 1.84 bits per heavy atom. The summed E-state index contributed by atoms with van der Waals surface area (Å²) in [4.78, 5) is 17.1. The molecule has 31 heavy (non-hydrogen) atoms. The lowest BCUT2D eigenvalue weighted by molar-refractivity contribution is -0.122. The molecule has 2 aromatic carbocycles. The first-order valence-electron chi connectivity index (χ1n) is 10.7. The van der Waals surface area contributed by atoms with E-state index in [1.54, 1.807) is 0 Å². The van der Waals surface area contributed by atoms with Crippen molar-refractivity contribution >= 4 is 5.91 Å². The molecule has 1 amide bonds. The van der Waals surface area contributed by atoms with Gasteiger partial charge in [-0.2, -0.15) is 4.98 Å². The zero-order valence-corrected chi connectivity index (χ0v) is 17.8. The molecule has 1 N–H and O–H groups in total. The molecule has 4 rings (SSSR count). The third kappa shape index (κ3) is 5.23. The van der Waals surface area contributed by atoms with Crippen LogP contribution >= 0.6 is 0 Å². The lowest BCUT2D eigenvalue weighted by Crippen LogP contribution is -2.32. The van der Waals surface area contributed by atoms with E-state index in [0.29, 0.717) is 31.3 Å². The van der Waals surface area contributed by atoms with E-state index in [1.807, 2.05) is 48.5 Å². The molecule has 1 unspecified atom stereocenters. The quantitative estimate of drug-likeness (QED) is 0.611. The molecular weight excluding hydrogens is 394 g/mol. The minimum absolute atomic E-state index is 0.0646. The van der Waals surface area contributed by atoms with Crippen molar-refractivity contribution in [2.24, 2.45) is 5.92 Å². The Balaban J connectivity index is 1.38. The first kappa shape index (κ1) is 20.9. The summed E-state index contributed by atoms with van der Waals surface area (Å²) >= 11 is 0. The summed E-state index contributed by atoms with van der Waals surface area (Å²) in [6, 6.07) is 15.4. The average molecular weight is 421 g/mol. The highest BCUT2D eigenvalue weighted by Gasteiger charge is 2.21. The van der Waals surface area contributed by atoms with E-state index in [-0.39, 0.29) is 24.3 Å². The van der Waals surface area contributed by atoms with E-state index >= 15 is 0 Å². The van der Waals surface area contributed by atoms with Gasteiger partial charge in [0.25, 0.3) is 0 Å². The van der Waals surface area contributed by atoms with Crippen LogP contribution in [0.25, 0.3) is 11.4 Å². The first-order valence-corrected chi connectivity index (χ1v) is 10.7. The number of hydrogen-bond acceptors (Lipinski definition) is 6. The van der Waals surface area contributed by atoms with Crippen molar-refractivity contribution in [1.82, 2.24) is 15.5 Å². The van der Waals surface area contributed by atoms with E-state index in [2.05, 4.69) is 29.3 Å². The molecule has 0 saturated carbocycles. The van der Waals surface area contributed by atoms with Gasteiger partial charge in [0.2, 0.25) is 17.6 Å². The fraction of sp³-hybridized carbons (Fsp3) is 0.375. The van der Waals surface area contributed by atoms with Crippen molar-refractivity contribution < 1.29 is 18.8 Å². The number of hydrogen-bond donors (Lipinski definition) is 1. The third-order valence-electron chi connectivity index (χ3n) is 5.18. The number of aryl methyl sites for hydroxylation is 1. The Kier molecular flexibility index (Phi) is 6.50. The molecule has 1 aromatic heterocycles. The van der Waals surface area contributed by atoms with Gasteiger partial charge in [-0.3, -0.25) is 4.79 Å². The summed E-state index contributed by atoms with van der Waals surface area (Å²) < 4.78 is 16.8. The standard InChI is InChI=1S/C24H27N3O4/c1-16(2)23(18-9-10-19-20(15-18)30-14-6-13-29-19)25-21(28)11-12-22-26-24(27-31-22)17-7-4-3-5-8-17/h3-5,7-10,15-16,23H,6,11-14H2,1-2H3,(H,25,28). The highest BCUT2D eigenvalue weighted by molar-refractivity contribution is 5.76. The number of carbonyl (C=O) groups excluding carboxylic acids is 1. The summed E-state index contributed by atoms with van der Waals surface area (Å²) in [5.74, 6) is 2.61. The van der Waals surface area contributed by atoms with E-state index < -0.39 is 0 Å². The lowest BCUT2D eigenvalue weighted by atomic mass is 9.95. The van der Waals surface area contributed by atoms with Gasteiger partial charge in [0.15, 0.2) is 11.5 Å². The number of rotatable bonds is 7. The molecule has 1 aliphatic rings. The molecule has 0 aliphatic carbocycles. The van der Waals surface area contributed by atoms with Crippen molar-refractivity contribution in [2.45, 2.75) is 39.2 Å². The second kappa shape index (κ2) is 9.64. The fourth-order valence-electron chi connectivity index (χ4n) is 3.54. The highest BCUT2D eigenvalue weighted by Crippen LogP contribution is 2.34. The summed E-state index contributed by atoms with van der Waals surface area (Å²) in [7, 11) is 0. The smallest absolute Gasteiger partial charge is 0.227 e. The van der Waals surface area contributed by atoms with Crippen LogP contribution in [0.3, 0.4) is 0 Å². The fourth-order valence-corrected chi connectivity index (χ4v) is 3.54. The van der Waals surface area contributed by atoms with Gasteiger partial charge in [0.05, 0.1) is 19.3 Å². The van der Waals surface area contributed by atoms with Crippen molar-refractivity contribution in [2.75, 3.05) is 13.2 Å². The number of ether oxygens (including phenoxy) is 2. The Labute approximate surface area is 181 Å².